The van der Waals surface area contributed by atoms with Crippen LogP contribution in [0.5, 0.6) is 0 Å². The largest absolute Gasteiger partial charge is 0.465 e. The quantitative estimate of drug-likeness (QED) is 0.0837. The van der Waals surface area contributed by atoms with Crippen molar-refractivity contribution in [3.63, 3.8) is 0 Å². The van der Waals surface area contributed by atoms with Gasteiger partial charge in [-0.05, 0) is 26.7 Å². The fourth-order valence-corrected chi connectivity index (χ4v) is 3.99. The van der Waals surface area contributed by atoms with Crippen LogP contribution in [-0.4, -0.2) is 88.8 Å². The number of allylic oxidation sites excluding steroid dienone is 2. The van der Waals surface area contributed by atoms with Crippen molar-refractivity contribution < 1.29 is 57.2 Å². The second-order valence-electron chi connectivity index (χ2n) is 8.87. The van der Waals surface area contributed by atoms with Crippen molar-refractivity contribution in [3.05, 3.63) is 25.3 Å². The standard InChI is InChI=1S/C26H36N2O12/c1-5-17-15-25(17,19(29)35-7-3)21(31)37-11-9-27-23(33)39-13-14-40-24(34)28-10-12-38-22(32)26(16-18(26)6-2)20(30)36-8-4/h5-6,17-18H,1-2,7-16H2,3-4H3,(H,27,33)(H,28,34). The van der Waals surface area contributed by atoms with E-state index < -0.39 is 46.9 Å². The smallest absolute Gasteiger partial charge is 0.407 e. The summed E-state index contributed by atoms with van der Waals surface area (Å²) in [7, 11) is 0. The summed E-state index contributed by atoms with van der Waals surface area (Å²) >= 11 is 0. The van der Waals surface area contributed by atoms with Gasteiger partial charge in [0.25, 0.3) is 0 Å². The highest BCUT2D eigenvalue weighted by atomic mass is 16.6. The summed E-state index contributed by atoms with van der Waals surface area (Å²) in [5, 5.41) is 4.70. The Balaban J connectivity index is 1.54. The lowest BCUT2D eigenvalue weighted by atomic mass is 10.0. The highest BCUT2D eigenvalue weighted by molar-refractivity contribution is 6.05. The summed E-state index contributed by atoms with van der Waals surface area (Å²) in [4.78, 5) is 72.5. The molecule has 2 fully saturated rings. The molecule has 0 aromatic heterocycles. The van der Waals surface area contributed by atoms with Gasteiger partial charge < -0.3 is 39.1 Å². The highest BCUT2D eigenvalue weighted by Gasteiger charge is 2.67. The van der Waals surface area contributed by atoms with E-state index in [1.165, 1.54) is 12.2 Å². The summed E-state index contributed by atoms with van der Waals surface area (Å²) in [6, 6.07) is 0. The van der Waals surface area contributed by atoms with Crippen LogP contribution in [0.3, 0.4) is 0 Å². The molecule has 14 nitrogen and oxygen atoms in total. The molecule has 0 aromatic carbocycles. The van der Waals surface area contributed by atoms with Gasteiger partial charge in [-0.1, -0.05) is 12.2 Å². The Hall–Kier alpha value is -4.10. The Bertz CT molecular complexity index is 920. The minimum atomic E-state index is -1.38. The van der Waals surface area contributed by atoms with Crippen LogP contribution in [0.4, 0.5) is 9.59 Å². The number of rotatable bonds is 17. The molecule has 4 atom stereocenters. The van der Waals surface area contributed by atoms with Crippen LogP contribution in [0.2, 0.25) is 0 Å². The zero-order valence-corrected chi connectivity index (χ0v) is 22.7. The Morgan fingerprint density at radius 3 is 1.27 bits per heavy atom. The molecule has 4 unspecified atom stereocenters. The van der Waals surface area contributed by atoms with E-state index in [2.05, 4.69) is 23.8 Å². The molecule has 14 heteroatoms. The molecule has 40 heavy (non-hydrogen) atoms. The molecule has 0 heterocycles. The van der Waals surface area contributed by atoms with E-state index >= 15 is 0 Å². The van der Waals surface area contributed by atoms with Crippen molar-refractivity contribution >= 4 is 36.1 Å². The van der Waals surface area contributed by atoms with E-state index in [0.29, 0.717) is 0 Å². The second-order valence-corrected chi connectivity index (χ2v) is 8.87. The number of carbonyl (C=O) groups is 6. The van der Waals surface area contributed by atoms with Gasteiger partial charge in [-0.2, -0.15) is 0 Å². The van der Waals surface area contributed by atoms with Gasteiger partial charge in [-0.3, -0.25) is 19.2 Å². The maximum Gasteiger partial charge on any atom is 0.407 e. The summed E-state index contributed by atoms with van der Waals surface area (Å²) in [5.74, 6) is -3.53. The first-order valence-electron chi connectivity index (χ1n) is 12.9. The Morgan fingerprint density at radius 2 is 0.975 bits per heavy atom. The minimum Gasteiger partial charge on any atom is -0.465 e. The van der Waals surface area contributed by atoms with E-state index in [0.717, 1.165) is 0 Å². The molecule has 2 saturated carbocycles. The van der Waals surface area contributed by atoms with E-state index in [1.54, 1.807) is 13.8 Å². The maximum atomic E-state index is 12.4. The predicted molar refractivity (Wildman–Crippen MR) is 135 cm³/mol. The molecule has 0 aliphatic heterocycles. The first-order valence-corrected chi connectivity index (χ1v) is 12.9. The van der Waals surface area contributed by atoms with Gasteiger partial charge in [0, 0.05) is 11.8 Å². The summed E-state index contributed by atoms with van der Waals surface area (Å²) < 4.78 is 29.8. The van der Waals surface area contributed by atoms with Gasteiger partial charge in [-0.25, -0.2) is 9.59 Å². The van der Waals surface area contributed by atoms with E-state index in [4.69, 9.17) is 28.4 Å². The molecule has 2 amide bonds. The van der Waals surface area contributed by atoms with Gasteiger partial charge in [0.1, 0.15) is 26.4 Å². The molecule has 2 aliphatic carbocycles. The lowest BCUT2D eigenvalue weighted by Crippen LogP contribution is -2.35. The number of hydrogen-bond acceptors (Lipinski definition) is 12. The lowest BCUT2D eigenvalue weighted by Gasteiger charge is -2.15. The van der Waals surface area contributed by atoms with E-state index in [9.17, 15) is 28.8 Å². The van der Waals surface area contributed by atoms with E-state index in [-0.39, 0.29) is 77.4 Å². The van der Waals surface area contributed by atoms with Crippen LogP contribution in [0.25, 0.3) is 0 Å². The summed E-state index contributed by atoms with van der Waals surface area (Å²) in [6.45, 7) is 9.66. The monoisotopic (exact) mass is 568 g/mol. The predicted octanol–water partition coefficient (Wildman–Crippen LogP) is 1.04. The molecule has 0 radical (unpaired) electrons. The third kappa shape index (κ3) is 7.73. The normalized spacial score (nSPS) is 23.9. The van der Waals surface area contributed by atoms with Crippen molar-refractivity contribution in [2.75, 3.05) is 52.7 Å². The Labute approximate surface area is 231 Å². The molecule has 2 aliphatic rings. The summed E-state index contributed by atoms with van der Waals surface area (Å²) in [5.41, 5.74) is -2.76. The molecule has 0 spiro atoms. The molecule has 0 saturated heterocycles. The van der Waals surface area contributed by atoms with Crippen LogP contribution in [0.1, 0.15) is 26.7 Å². The first kappa shape index (κ1) is 32.1. The third-order valence-electron chi connectivity index (χ3n) is 6.37. The Kier molecular flexibility index (Phi) is 12.0. The van der Waals surface area contributed by atoms with Gasteiger partial charge in [0.2, 0.25) is 0 Å². The van der Waals surface area contributed by atoms with Crippen molar-refractivity contribution in [1.82, 2.24) is 10.6 Å². The number of hydrogen-bond donors (Lipinski definition) is 2. The van der Waals surface area contributed by atoms with Gasteiger partial charge in [-0.15, -0.1) is 13.2 Å². The number of carbonyl (C=O) groups excluding carboxylic acids is 6. The maximum absolute atomic E-state index is 12.4. The average molecular weight is 569 g/mol. The molecule has 2 rings (SSSR count). The van der Waals surface area contributed by atoms with Crippen molar-refractivity contribution in [2.45, 2.75) is 26.7 Å². The molecular formula is C26H36N2O12. The SMILES string of the molecule is C=CC1CC1(C(=O)OCC)C(=O)OCCNC(=O)OCCOC(=O)NCCOC(=O)C1(C(=O)OCC)CC1C=C. The molecule has 2 N–H and O–H groups in total. The second kappa shape index (κ2) is 14.9. The summed E-state index contributed by atoms with van der Waals surface area (Å²) in [6.07, 6.45) is 1.84. The molecular weight excluding hydrogens is 532 g/mol. The van der Waals surface area contributed by atoms with E-state index in [1.807, 2.05) is 0 Å². The lowest BCUT2D eigenvalue weighted by molar-refractivity contribution is -0.166. The molecule has 0 aromatic rings. The first-order chi connectivity index (χ1) is 19.1. The minimum absolute atomic E-state index is 0.0761. The van der Waals surface area contributed by atoms with Crippen LogP contribution in [0.15, 0.2) is 25.3 Å². The van der Waals surface area contributed by atoms with Crippen molar-refractivity contribution in [3.8, 4) is 0 Å². The number of amides is 2. The average Bonchev–Trinajstić information content (AvgIpc) is 3.85. The number of nitrogens with one attached hydrogen (secondary N) is 2. The Morgan fingerprint density at radius 1 is 0.625 bits per heavy atom. The molecule has 222 valence electrons. The van der Waals surface area contributed by atoms with Crippen LogP contribution in [-0.2, 0) is 47.6 Å². The fraction of sp³-hybridized carbons (Fsp3) is 0.615. The zero-order chi connectivity index (χ0) is 29.8. The van der Waals surface area contributed by atoms with Crippen molar-refractivity contribution in [2.24, 2.45) is 22.7 Å². The highest BCUT2D eigenvalue weighted by Crippen LogP contribution is 2.56. The number of esters is 4. The topological polar surface area (TPSA) is 182 Å². The van der Waals surface area contributed by atoms with Gasteiger partial charge in [0.15, 0.2) is 10.8 Å². The fourth-order valence-electron chi connectivity index (χ4n) is 3.99. The van der Waals surface area contributed by atoms with Crippen LogP contribution < -0.4 is 10.6 Å². The molecule has 0 bridgehead atoms. The van der Waals surface area contributed by atoms with Crippen molar-refractivity contribution in [1.29, 1.82) is 0 Å². The third-order valence-corrected chi connectivity index (χ3v) is 6.37. The van der Waals surface area contributed by atoms with Crippen LogP contribution >= 0.6 is 0 Å². The number of ether oxygens (including phenoxy) is 6. The zero-order valence-electron chi connectivity index (χ0n) is 22.7. The van der Waals surface area contributed by atoms with Crippen LogP contribution in [0, 0.1) is 22.7 Å². The number of alkyl carbamates (subject to hydrolysis) is 2. The van der Waals surface area contributed by atoms with Gasteiger partial charge >= 0.3 is 36.1 Å². The van der Waals surface area contributed by atoms with Gasteiger partial charge in [0.05, 0.1) is 26.3 Å².